The van der Waals surface area contributed by atoms with Crippen molar-refractivity contribution in [2.45, 2.75) is 6.18 Å². The number of nitrogens with one attached hydrogen (secondary N) is 1. The number of anilines is 1. The van der Waals surface area contributed by atoms with Crippen molar-refractivity contribution in [3.05, 3.63) is 29.8 Å². The number of halogens is 3. The van der Waals surface area contributed by atoms with Crippen molar-refractivity contribution in [1.82, 2.24) is 10.2 Å². The Morgan fingerprint density at radius 1 is 1.35 bits per heavy atom. The Labute approximate surface area is 119 Å². The molecular formula is C12H12F3N3OS. The van der Waals surface area contributed by atoms with Gasteiger partial charge < -0.3 is 10.2 Å². The lowest BCUT2D eigenvalue weighted by atomic mass is 10.2. The van der Waals surface area contributed by atoms with Crippen molar-refractivity contribution in [1.29, 1.82) is 0 Å². The molecule has 0 unspecified atom stereocenters. The molecule has 0 aromatic heterocycles. The van der Waals surface area contributed by atoms with E-state index in [0.717, 1.165) is 12.1 Å². The third-order valence-electron chi connectivity index (χ3n) is 2.95. The highest BCUT2D eigenvalue weighted by Gasteiger charge is 2.33. The number of amides is 2. The molecule has 2 amide bonds. The van der Waals surface area contributed by atoms with Gasteiger partial charge >= 0.3 is 12.2 Å². The Morgan fingerprint density at radius 3 is 2.65 bits per heavy atom. The van der Waals surface area contributed by atoms with Crippen LogP contribution in [0.3, 0.4) is 0 Å². The lowest BCUT2D eigenvalue weighted by molar-refractivity contribution is -0.137. The average Bonchev–Trinajstić information content (AvgIpc) is 2.79. The maximum Gasteiger partial charge on any atom is 0.416 e. The van der Waals surface area contributed by atoms with Gasteiger partial charge in [-0.3, -0.25) is 4.90 Å². The zero-order valence-electron chi connectivity index (χ0n) is 10.6. The van der Waals surface area contributed by atoms with Gasteiger partial charge in [-0.2, -0.15) is 13.2 Å². The molecule has 0 atom stereocenters. The van der Waals surface area contributed by atoms with Crippen LogP contribution in [-0.2, 0) is 6.18 Å². The van der Waals surface area contributed by atoms with E-state index >= 15 is 0 Å². The summed E-state index contributed by atoms with van der Waals surface area (Å²) in [4.78, 5) is 14.4. The third kappa shape index (κ3) is 2.69. The number of alkyl halides is 3. The molecule has 1 aliphatic rings. The summed E-state index contributed by atoms with van der Waals surface area (Å²) in [6.07, 6.45) is -4.40. The van der Waals surface area contributed by atoms with Crippen LogP contribution in [-0.4, -0.2) is 36.2 Å². The first-order valence-electron chi connectivity index (χ1n) is 5.82. The number of thiocarbonyl (C=S) groups is 1. The molecule has 0 aliphatic carbocycles. The van der Waals surface area contributed by atoms with Crippen LogP contribution in [0.25, 0.3) is 0 Å². The molecular weight excluding hydrogens is 291 g/mol. The topological polar surface area (TPSA) is 35.6 Å². The van der Waals surface area contributed by atoms with E-state index in [9.17, 15) is 18.0 Å². The van der Waals surface area contributed by atoms with E-state index in [0.29, 0.717) is 18.8 Å². The molecule has 0 radical (unpaired) electrons. The molecule has 1 aromatic rings. The molecule has 108 valence electrons. The van der Waals surface area contributed by atoms with Gasteiger partial charge in [0.25, 0.3) is 0 Å². The predicted octanol–water partition coefficient (Wildman–Crippen LogP) is 2.45. The molecule has 2 rings (SSSR count). The fourth-order valence-electron chi connectivity index (χ4n) is 1.95. The average molecular weight is 303 g/mol. The number of urea groups is 1. The highest BCUT2D eigenvalue weighted by atomic mass is 32.1. The van der Waals surface area contributed by atoms with Crippen molar-refractivity contribution >= 4 is 29.0 Å². The number of nitrogens with zero attached hydrogens (tertiary/aromatic N) is 2. The van der Waals surface area contributed by atoms with Crippen molar-refractivity contribution in [2.24, 2.45) is 0 Å². The first kappa shape index (κ1) is 14.6. The van der Waals surface area contributed by atoms with Crippen molar-refractivity contribution < 1.29 is 18.0 Å². The summed E-state index contributed by atoms with van der Waals surface area (Å²) in [5, 5.41) is 2.64. The summed E-state index contributed by atoms with van der Waals surface area (Å²) in [5.41, 5.74) is -0.410. The van der Waals surface area contributed by atoms with Gasteiger partial charge in [0, 0.05) is 25.8 Å². The maximum atomic E-state index is 12.7. The highest BCUT2D eigenvalue weighted by molar-refractivity contribution is 7.80. The first-order valence-corrected chi connectivity index (χ1v) is 6.23. The summed E-state index contributed by atoms with van der Waals surface area (Å²) in [7, 11) is 1.47. The molecule has 1 N–H and O–H groups in total. The Hall–Kier alpha value is -1.83. The van der Waals surface area contributed by atoms with E-state index in [2.05, 4.69) is 5.32 Å². The van der Waals surface area contributed by atoms with Gasteiger partial charge in [0.15, 0.2) is 5.11 Å². The normalized spacial score (nSPS) is 15.7. The fourth-order valence-corrected chi connectivity index (χ4v) is 2.32. The van der Waals surface area contributed by atoms with E-state index in [-0.39, 0.29) is 11.1 Å². The maximum absolute atomic E-state index is 12.7. The SMILES string of the molecule is CNC(=O)N1CCN(c2cccc(C(F)(F)F)c2)C1=S. The summed E-state index contributed by atoms with van der Waals surface area (Å²) in [6.45, 7) is 0.711. The van der Waals surface area contributed by atoms with Gasteiger partial charge in [0.2, 0.25) is 0 Å². The monoisotopic (exact) mass is 303 g/mol. The van der Waals surface area contributed by atoms with Crippen LogP contribution < -0.4 is 10.2 Å². The van der Waals surface area contributed by atoms with Gasteiger partial charge in [0.05, 0.1) is 5.56 Å². The minimum Gasteiger partial charge on any atom is -0.341 e. The van der Waals surface area contributed by atoms with E-state index in [1.165, 1.54) is 29.0 Å². The molecule has 0 spiro atoms. The molecule has 1 aromatic carbocycles. The Balaban J connectivity index is 2.26. The van der Waals surface area contributed by atoms with Gasteiger partial charge in [-0.25, -0.2) is 4.79 Å². The molecule has 0 saturated carbocycles. The van der Waals surface area contributed by atoms with E-state index < -0.39 is 11.7 Å². The quantitative estimate of drug-likeness (QED) is 0.810. The smallest absolute Gasteiger partial charge is 0.341 e. The summed E-state index contributed by atoms with van der Waals surface area (Å²) in [6, 6.07) is 4.52. The molecule has 1 heterocycles. The molecule has 1 aliphatic heterocycles. The van der Waals surface area contributed by atoms with Crippen LogP contribution in [0.4, 0.5) is 23.7 Å². The molecule has 1 saturated heterocycles. The van der Waals surface area contributed by atoms with Gasteiger partial charge in [-0.05, 0) is 30.4 Å². The van der Waals surface area contributed by atoms with Crippen molar-refractivity contribution in [3.63, 3.8) is 0 Å². The summed E-state index contributed by atoms with van der Waals surface area (Å²) < 4.78 is 38.1. The Kier molecular flexibility index (Phi) is 3.85. The number of hydrogen-bond donors (Lipinski definition) is 1. The number of hydrogen-bond acceptors (Lipinski definition) is 2. The van der Waals surface area contributed by atoms with Gasteiger partial charge in [0.1, 0.15) is 0 Å². The second-order valence-corrected chi connectivity index (χ2v) is 4.55. The van der Waals surface area contributed by atoms with Gasteiger partial charge in [-0.15, -0.1) is 0 Å². The molecule has 8 heteroatoms. The molecule has 4 nitrogen and oxygen atoms in total. The van der Waals surface area contributed by atoms with Crippen molar-refractivity contribution in [2.75, 3.05) is 25.0 Å². The second-order valence-electron chi connectivity index (χ2n) is 4.19. The first-order chi connectivity index (χ1) is 9.34. The van der Waals surface area contributed by atoms with Crippen molar-refractivity contribution in [3.8, 4) is 0 Å². The molecule has 0 bridgehead atoms. The third-order valence-corrected chi connectivity index (χ3v) is 3.39. The predicted molar refractivity (Wildman–Crippen MR) is 72.5 cm³/mol. The minimum atomic E-state index is -4.40. The number of benzene rings is 1. The van der Waals surface area contributed by atoms with E-state index in [1.807, 2.05) is 0 Å². The van der Waals surface area contributed by atoms with Gasteiger partial charge in [-0.1, -0.05) is 6.07 Å². The lowest BCUT2D eigenvalue weighted by Gasteiger charge is -2.21. The Morgan fingerprint density at radius 2 is 2.05 bits per heavy atom. The van der Waals surface area contributed by atoms with Crippen LogP contribution in [0.1, 0.15) is 5.56 Å². The standard InChI is InChI=1S/C12H12F3N3OS/c1-16-10(19)18-6-5-17(11(18)20)9-4-2-3-8(7-9)12(13,14)15/h2-4,7H,5-6H2,1H3,(H,16,19). The number of carbonyl (C=O) groups is 1. The summed E-state index contributed by atoms with van der Waals surface area (Å²) >= 11 is 5.13. The lowest BCUT2D eigenvalue weighted by Crippen LogP contribution is -2.41. The second kappa shape index (κ2) is 5.28. The number of carbonyl (C=O) groups excluding carboxylic acids is 1. The van der Waals surface area contributed by atoms with Crippen LogP contribution in [0, 0.1) is 0 Å². The molecule has 20 heavy (non-hydrogen) atoms. The Bertz CT molecular complexity index is 547. The van der Waals surface area contributed by atoms with E-state index in [1.54, 1.807) is 0 Å². The zero-order valence-corrected chi connectivity index (χ0v) is 11.4. The van der Waals surface area contributed by atoms with Crippen LogP contribution >= 0.6 is 12.2 Å². The van der Waals surface area contributed by atoms with E-state index in [4.69, 9.17) is 12.2 Å². The summed E-state index contributed by atoms with van der Waals surface area (Å²) in [5.74, 6) is 0. The fraction of sp³-hybridized carbons (Fsp3) is 0.333. The largest absolute Gasteiger partial charge is 0.416 e. The molecule has 1 fully saturated rings. The van der Waals surface area contributed by atoms with Crippen LogP contribution in [0.5, 0.6) is 0 Å². The minimum absolute atomic E-state index is 0.198. The zero-order chi connectivity index (χ0) is 14.9. The van der Waals surface area contributed by atoms with Crippen LogP contribution in [0.15, 0.2) is 24.3 Å². The van der Waals surface area contributed by atoms with Crippen LogP contribution in [0.2, 0.25) is 0 Å². The number of rotatable bonds is 1. The highest BCUT2D eigenvalue weighted by Crippen LogP contribution is 2.32.